The SMILES string of the molecule is CCOC(=O)C(CSc1ncn[nH]1)(NC)C1CC1. The first-order valence-corrected chi connectivity index (χ1v) is 7.05. The van der Waals surface area contributed by atoms with Gasteiger partial charge in [-0.2, -0.15) is 5.10 Å². The smallest absolute Gasteiger partial charge is 0.327 e. The Morgan fingerprint density at radius 2 is 2.50 bits per heavy atom. The summed E-state index contributed by atoms with van der Waals surface area (Å²) in [5, 5.41) is 10.5. The molecule has 1 aliphatic carbocycles. The number of H-pyrrole nitrogens is 1. The third kappa shape index (κ3) is 2.67. The number of esters is 1. The highest BCUT2D eigenvalue weighted by molar-refractivity contribution is 7.99. The number of hydrogen-bond donors (Lipinski definition) is 2. The number of aromatic amines is 1. The van der Waals surface area contributed by atoms with Crippen LogP contribution in [0.2, 0.25) is 0 Å². The number of nitrogens with zero attached hydrogens (tertiary/aromatic N) is 2. The minimum atomic E-state index is -0.604. The van der Waals surface area contributed by atoms with Gasteiger partial charge in [-0.15, -0.1) is 0 Å². The quantitative estimate of drug-likeness (QED) is 0.564. The van der Waals surface area contributed by atoms with E-state index in [-0.39, 0.29) is 5.97 Å². The molecule has 1 saturated carbocycles. The molecule has 2 N–H and O–H groups in total. The van der Waals surface area contributed by atoms with Crippen LogP contribution in [0, 0.1) is 5.92 Å². The van der Waals surface area contributed by atoms with Crippen molar-refractivity contribution in [2.24, 2.45) is 5.92 Å². The van der Waals surface area contributed by atoms with Gasteiger partial charge in [0.2, 0.25) is 0 Å². The van der Waals surface area contributed by atoms with Crippen molar-refractivity contribution >= 4 is 17.7 Å². The van der Waals surface area contributed by atoms with Crippen LogP contribution in [0.5, 0.6) is 0 Å². The molecular formula is C11H18N4O2S. The van der Waals surface area contributed by atoms with Crippen molar-refractivity contribution in [2.45, 2.75) is 30.5 Å². The van der Waals surface area contributed by atoms with Crippen LogP contribution in [0.15, 0.2) is 11.5 Å². The van der Waals surface area contributed by atoms with Crippen LogP contribution in [0.1, 0.15) is 19.8 Å². The highest BCUT2D eigenvalue weighted by Gasteiger charge is 2.51. The number of aromatic nitrogens is 3. The van der Waals surface area contributed by atoms with Crippen molar-refractivity contribution in [3.63, 3.8) is 0 Å². The van der Waals surface area contributed by atoms with Gasteiger partial charge in [-0.1, -0.05) is 11.8 Å². The van der Waals surface area contributed by atoms with Gasteiger partial charge >= 0.3 is 5.97 Å². The van der Waals surface area contributed by atoms with Crippen molar-refractivity contribution in [1.29, 1.82) is 0 Å². The summed E-state index contributed by atoms with van der Waals surface area (Å²) in [6.45, 7) is 2.23. The van der Waals surface area contributed by atoms with E-state index in [4.69, 9.17) is 4.74 Å². The van der Waals surface area contributed by atoms with Crippen LogP contribution in [0.25, 0.3) is 0 Å². The second-order valence-corrected chi connectivity index (χ2v) is 5.26. The number of hydrogen-bond acceptors (Lipinski definition) is 6. The minimum absolute atomic E-state index is 0.165. The molecule has 1 atom stereocenters. The Kier molecular flexibility index (Phi) is 4.23. The summed E-state index contributed by atoms with van der Waals surface area (Å²) < 4.78 is 5.21. The van der Waals surface area contributed by atoms with E-state index >= 15 is 0 Å². The van der Waals surface area contributed by atoms with E-state index in [9.17, 15) is 4.79 Å². The predicted molar refractivity (Wildman–Crippen MR) is 68.3 cm³/mol. The van der Waals surface area contributed by atoms with E-state index in [1.807, 2.05) is 14.0 Å². The van der Waals surface area contributed by atoms with Crippen molar-refractivity contribution in [1.82, 2.24) is 20.5 Å². The van der Waals surface area contributed by atoms with E-state index in [1.54, 1.807) is 0 Å². The first kappa shape index (κ1) is 13.4. The standard InChI is InChI=1S/C11H18N4O2S/c1-3-17-9(16)11(12-2,8-4-5-8)6-18-10-13-7-14-15-10/h7-8,12H,3-6H2,1-2H3,(H,13,14,15). The fraction of sp³-hybridized carbons (Fsp3) is 0.727. The lowest BCUT2D eigenvalue weighted by molar-refractivity contribution is -0.150. The number of rotatable bonds is 7. The summed E-state index contributed by atoms with van der Waals surface area (Å²) in [7, 11) is 1.82. The van der Waals surface area contributed by atoms with Crippen molar-refractivity contribution in [2.75, 3.05) is 19.4 Å². The van der Waals surface area contributed by atoms with Gasteiger partial charge in [0, 0.05) is 5.75 Å². The Hall–Kier alpha value is -1.08. The maximum Gasteiger partial charge on any atom is 0.327 e. The topological polar surface area (TPSA) is 79.9 Å². The van der Waals surface area contributed by atoms with Gasteiger partial charge in [-0.25, -0.2) is 4.98 Å². The van der Waals surface area contributed by atoms with Crippen molar-refractivity contribution in [3.8, 4) is 0 Å². The number of nitrogens with one attached hydrogen (secondary N) is 2. The summed E-state index contributed by atoms with van der Waals surface area (Å²) in [6.07, 6.45) is 3.60. The van der Waals surface area contributed by atoms with Gasteiger partial charge in [0.25, 0.3) is 0 Å². The zero-order valence-electron chi connectivity index (χ0n) is 10.6. The van der Waals surface area contributed by atoms with E-state index < -0.39 is 5.54 Å². The van der Waals surface area contributed by atoms with Crippen LogP contribution in [-0.4, -0.2) is 46.1 Å². The molecule has 1 aliphatic rings. The number of carbonyl (C=O) groups excluding carboxylic acids is 1. The highest BCUT2D eigenvalue weighted by Crippen LogP contribution is 2.42. The number of thioether (sulfide) groups is 1. The molecule has 1 fully saturated rings. The van der Waals surface area contributed by atoms with E-state index in [1.165, 1.54) is 18.1 Å². The number of carbonyl (C=O) groups is 1. The molecule has 6 nitrogen and oxygen atoms in total. The van der Waals surface area contributed by atoms with Crippen LogP contribution in [-0.2, 0) is 9.53 Å². The molecule has 0 aromatic carbocycles. The van der Waals surface area contributed by atoms with Crippen LogP contribution in [0.4, 0.5) is 0 Å². The summed E-state index contributed by atoms with van der Waals surface area (Å²) in [5.74, 6) is 0.793. The monoisotopic (exact) mass is 270 g/mol. The molecule has 0 bridgehead atoms. The number of likely N-dealkylation sites (N-methyl/N-ethyl adjacent to an activating group) is 1. The van der Waals surface area contributed by atoms with Gasteiger partial charge in [0.1, 0.15) is 11.9 Å². The molecule has 7 heteroatoms. The second-order valence-electron chi connectivity index (χ2n) is 4.30. The average molecular weight is 270 g/mol. The Morgan fingerprint density at radius 3 is 3.00 bits per heavy atom. The summed E-state index contributed by atoms with van der Waals surface area (Å²) in [4.78, 5) is 16.2. The predicted octanol–water partition coefficient (Wildman–Crippen LogP) is 0.828. The fourth-order valence-electron chi connectivity index (χ4n) is 2.00. The molecule has 1 heterocycles. The van der Waals surface area contributed by atoms with E-state index in [0.717, 1.165) is 18.0 Å². The second kappa shape index (κ2) is 5.71. The third-order valence-electron chi connectivity index (χ3n) is 3.19. The lowest BCUT2D eigenvalue weighted by Gasteiger charge is -2.30. The summed E-state index contributed by atoms with van der Waals surface area (Å²) in [6, 6.07) is 0. The molecule has 100 valence electrons. The third-order valence-corrected chi connectivity index (χ3v) is 4.26. The fourth-order valence-corrected chi connectivity index (χ4v) is 3.11. The van der Waals surface area contributed by atoms with Crippen LogP contribution in [0.3, 0.4) is 0 Å². The molecule has 1 aromatic rings. The molecule has 0 spiro atoms. The molecule has 0 aliphatic heterocycles. The molecule has 18 heavy (non-hydrogen) atoms. The van der Waals surface area contributed by atoms with Gasteiger partial charge < -0.3 is 10.1 Å². The zero-order valence-corrected chi connectivity index (χ0v) is 11.4. The van der Waals surface area contributed by atoms with Gasteiger partial charge in [0.15, 0.2) is 5.16 Å². The Bertz CT molecular complexity index is 394. The zero-order chi connectivity index (χ0) is 13.0. The van der Waals surface area contributed by atoms with Gasteiger partial charge in [-0.3, -0.25) is 9.89 Å². The summed E-state index contributed by atoms with van der Waals surface area (Å²) in [5.41, 5.74) is -0.604. The molecule has 0 saturated heterocycles. The molecule has 1 aromatic heterocycles. The normalized spacial score (nSPS) is 18.3. The van der Waals surface area contributed by atoms with Crippen molar-refractivity contribution in [3.05, 3.63) is 6.33 Å². The lowest BCUT2D eigenvalue weighted by atomic mass is 9.96. The first-order valence-electron chi connectivity index (χ1n) is 6.07. The largest absolute Gasteiger partial charge is 0.465 e. The maximum absolute atomic E-state index is 12.2. The highest BCUT2D eigenvalue weighted by atomic mass is 32.2. The van der Waals surface area contributed by atoms with Crippen molar-refractivity contribution < 1.29 is 9.53 Å². The average Bonchev–Trinajstić information content (AvgIpc) is 3.08. The lowest BCUT2D eigenvalue weighted by Crippen LogP contribution is -2.55. The Labute approximate surface area is 110 Å². The molecule has 0 amide bonds. The Morgan fingerprint density at radius 1 is 1.72 bits per heavy atom. The van der Waals surface area contributed by atoms with Gasteiger partial charge in [0.05, 0.1) is 6.61 Å². The van der Waals surface area contributed by atoms with Crippen LogP contribution < -0.4 is 5.32 Å². The molecule has 2 rings (SSSR count). The molecule has 1 unspecified atom stereocenters. The minimum Gasteiger partial charge on any atom is -0.465 e. The van der Waals surface area contributed by atoms with E-state index in [0.29, 0.717) is 18.3 Å². The maximum atomic E-state index is 12.2. The summed E-state index contributed by atoms with van der Waals surface area (Å²) >= 11 is 1.49. The van der Waals surface area contributed by atoms with E-state index in [2.05, 4.69) is 20.5 Å². The molecule has 0 radical (unpaired) electrons. The number of ether oxygens (including phenoxy) is 1. The molecular weight excluding hydrogens is 252 g/mol. The first-order chi connectivity index (χ1) is 8.73. The van der Waals surface area contributed by atoms with Crippen LogP contribution >= 0.6 is 11.8 Å². The van der Waals surface area contributed by atoms with Gasteiger partial charge in [-0.05, 0) is 32.7 Å². The Balaban J connectivity index is 2.06.